The van der Waals surface area contributed by atoms with Crippen molar-refractivity contribution in [2.45, 2.75) is 13.0 Å². The summed E-state index contributed by atoms with van der Waals surface area (Å²) in [6, 6.07) is 24.1. The number of thiazole rings is 1. The number of thiophene rings is 1. The lowest BCUT2D eigenvalue weighted by Crippen LogP contribution is -2.40. The van der Waals surface area contributed by atoms with Gasteiger partial charge in [0.15, 0.2) is 4.80 Å². The fraction of sp³-hybridized carbons (Fsp3) is 0.0690. The molecule has 2 aromatic carbocycles. The standard InChI is InChI=1S/C29H20BrN3O3S2/c1-17-25(27(34)32-20-6-3-2-4-7-20)26(23-8-5-15-37-23)33-28(35)24(38-29(33)31-17)16-21-13-14-22(36-21)18-9-11-19(30)12-10-18/h2-16,26H,1H3,(H,32,34)/b24-16-. The lowest BCUT2D eigenvalue weighted by atomic mass is 10.0. The van der Waals surface area contributed by atoms with Crippen molar-refractivity contribution in [1.29, 1.82) is 0 Å². The van der Waals surface area contributed by atoms with Gasteiger partial charge < -0.3 is 9.73 Å². The summed E-state index contributed by atoms with van der Waals surface area (Å²) in [5.74, 6) is 0.998. The second kappa shape index (κ2) is 10.2. The number of carbonyl (C=O) groups is 1. The lowest BCUT2D eigenvalue weighted by Gasteiger charge is -2.24. The van der Waals surface area contributed by atoms with E-state index in [9.17, 15) is 9.59 Å². The van der Waals surface area contributed by atoms with Gasteiger partial charge in [-0.05, 0) is 54.8 Å². The molecular formula is C29H20BrN3O3S2. The number of amides is 1. The van der Waals surface area contributed by atoms with E-state index in [4.69, 9.17) is 4.42 Å². The predicted octanol–water partition coefficient (Wildman–Crippen LogP) is 5.96. The number of allylic oxidation sites excluding steroid dienone is 1. The van der Waals surface area contributed by atoms with Crippen LogP contribution in [0.1, 0.15) is 23.6 Å². The van der Waals surface area contributed by atoms with Crippen LogP contribution in [0.25, 0.3) is 17.4 Å². The molecule has 188 valence electrons. The Labute approximate surface area is 234 Å². The van der Waals surface area contributed by atoms with E-state index >= 15 is 0 Å². The maximum atomic E-state index is 13.8. The minimum atomic E-state index is -0.577. The number of hydrogen-bond donors (Lipinski definition) is 1. The molecule has 4 heterocycles. The Morgan fingerprint density at radius 3 is 2.58 bits per heavy atom. The second-order valence-electron chi connectivity index (χ2n) is 8.63. The third-order valence-corrected chi connectivity index (χ3v) is 8.58. The molecule has 0 aliphatic carbocycles. The number of furan rings is 1. The average molecular weight is 603 g/mol. The largest absolute Gasteiger partial charge is 0.457 e. The van der Waals surface area contributed by atoms with Crippen molar-refractivity contribution in [3.63, 3.8) is 0 Å². The summed E-state index contributed by atoms with van der Waals surface area (Å²) >= 11 is 6.24. The van der Waals surface area contributed by atoms with E-state index in [1.54, 1.807) is 10.6 Å². The minimum Gasteiger partial charge on any atom is -0.457 e. The van der Waals surface area contributed by atoms with Gasteiger partial charge in [-0.2, -0.15) is 0 Å². The molecule has 6 nitrogen and oxygen atoms in total. The number of rotatable bonds is 5. The van der Waals surface area contributed by atoms with Crippen LogP contribution in [-0.2, 0) is 4.79 Å². The first-order valence-corrected chi connectivity index (χ1v) is 14.2. The number of anilines is 1. The van der Waals surface area contributed by atoms with Gasteiger partial charge in [-0.15, -0.1) is 11.3 Å². The van der Waals surface area contributed by atoms with Crippen molar-refractivity contribution in [2.24, 2.45) is 4.99 Å². The van der Waals surface area contributed by atoms with Crippen molar-refractivity contribution in [2.75, 3.05) is 5.32 Å². The zero-order valence-corrected chi connectivity index (χ0v) is 23.3. The molecule has 0 radical (unpaired) electrons. The Morgan fingerprint density at radius 1 is 1.05 bits per heavy atom. The van der Waals surface area contributed by atoms with E-state index in [0.29, 0.717) is 37.8 Å². The highest BCUT2D eigenvalue weighted by Gasteiger charge is 2.33. The van der Waals surface area contributed by atoms with Gasteiger partial charge in [-0.3, -0.25) is 14.2 Å². The van der Waals surface area contributed by atoms with Crippen LogP contribution >= 0.6 is 38.6 Å². The molecule has 6 rings (SSSR count). The van der Waals surface area contributed by atoms with Crippen molar-refractivity contribution in [3.8, 4) is 11.3 Å². The third kappa shape index (κ3) is 4.64. The lowest BCUT2D eigenvalue weighted by molar-refractivity contribution is -0.113. The molecule has 0 fully saturated rings. The number of hydrogen-bond acceptors (Lipinski definition) is 6. The molecule has 1 atom stereocenters. The van der Waals surface area contributed by atoms with Crippen LogP contribution in [-0.4, -0.2) is 10.5 Å². The highest BCUT2D eigenvalue weighted by atomic mass is 79.9. The molecule has 1 N–H and O–H groups in total. The van der Waals surface area contributed by atoms with Crippen LogP contribution in [0.4, 0.5) is 5.69 Å². The van der Waals surface area contributed by atoms with Crippen LogP contribution in [0.2, 0.25) is 0 Å². The van der Waals surface area contributed by atoms with Crippen molar-refractivity contribution in [1.82, 2.24) is 4.57 Å². The third-order valence-electron chi connectivity index (χ3n) is 6.14. The SMILES string of the molecule is CC1=C(C(=O)Nc2ccccc2)C(c2cccs2)n2c(s/c(=C\c3ccc(-c4ccc(Br)cc4)o3)c2=O)=N1. The van der Waals surface area contributed by atoms with E-state index < -0.39 is 6.04 Å². The molecule has 1 aliphatic rings. The van der Waals surface area contributed by atoms with Gasteiger partial charge in [0.05, 0.1) is 15.8 Å². The number of halogens is 1. The zero-order chi connectivity index (χ0) is 26.2. The Balaban J connectivity index is 1.42. The van der Waals surface area contributed by atoms with E-state index in [2.05, 4.69) is 26.2 Å². The van der Waals surface area contributed by atoms with Gasteiger partial charge in [-0.1, -0.05) is 63.7 Å². The van der Waals surface area contributed by atoms with Gasteiger partial charge in [0.25, 0.3) is 11.5 Å². The van der Waals surface area contributed by atoms with E-state index in [-0.39, 0.29) is 11.5 Å². The van der Waals surface area contributed by atoms with Crippen LogP contribution in [0.15, 0.2) is 114 Å². The summed E-state index contributed by atoms with van der Waals surface area (Å²) in [6.07, 6.45) is 1.74. The van der Waals surface area contributed by atoms with Crippen molar-refractivity contribution >= 4 is 56.3 Å². The molecule has 1 amide bonds. The number of aromatic nitrogens is 1. The normalized spacial score (nSPS) is 15.3. The second-order valence-corrected chi connectivity index (χ2v) is 11.5. The summed E-state index contributed by atoms with van der Waals surface area (Å²) in [6.45, 7) is 1.81. The Bertz CT molecular complexity index is 1850. The molecule has 1 unspecified atom stereocenters. The predicted molar refractivity (Wildman–Crippen MR) is 155 cm³/mol. The molecule has 5 aromatic rings. The van der Waals surface area contributed by atoms with Crippen molar-refractivity contribution in [3.05, 3.63) is 130 Å². The monoisotopic (exact) mass is 601 g/mol. The van der Waals surface area contributed by atoms with Crippen LogP contribution in [0.5, 0.6) is 0 Å². The quantitative estimate of drug-likeness (QED) is 0.270. The van der Waals surface area contributed by atoms with Gasteiger partial charge in [-0.25, -0.2) is 4.99 Å². The van der Waals surface area contributed by atoms with E-state index in [1.165, 1.54) is 22.7 Å². The average Bonchev–Trinajstić information content (AvgIpc) is 3.66. The van der Waals surface area contributed by atoms with E-state index in [1.807, 2.05) is 91.2 Å². The summed E-state index contributed by atoms with van der Waals surface area (Å²) < 4.78 is 9.12. The number of fused-ring (bicyclic) bond motifs is 1. The number of carbonyl (C=O) groups excluding carboxylic acids is 1. The van der Waals surface area contributed by atoms with Crippen LogP contribution < -0.4 is 20.2 Å². The molecule has 3 aromatic heterocycles. The number of benzene rings is 2. The number of nitrogens with one attached hydrogen (secondary N) is 1. The molecule has 9 heteroatoms. The topological polar surface area (TPSA) is 76.6 Å². The van der Waals surface area contributed by atoms with Gasteiger partial charge in [0, 0.05) is 26.7 Å². The summed E-state index contributed by atoms with van der Waals surface area (Å²) in [7, 11) is 0. The maximum Gasteiger partial charge on any atom is 0.271 e. The summed E-state index contributed by atoms with van der Waals surface area (Å²) in [4.78, 5) is 33.4. The van der Waals surface area contributed by atoms with Crippen LogP contribution in [0, 0.1) is 0 Å². The Hall–Kier alpha value is -3.79. The smallest absolute Gasteiger partial charge is 0.271 e. The molecule has 38 heavy (non-hydrogen) atoms. The maximum absolute atomic E-state index is 13.8. The number of para-hydroxylation sites is 1. The highest BCUT2D eigenvalue weighted by molar-refractivity contribution is 9.10. The first-order valence-electron chi connectivity index (χ1n) is 11.8. The molecule has 0 saturated heterocycles. The van der Waals surface area contributed by atoms with Crippen LogP contribution in [0.3, 0.4) is 0 Å². The summed E-state index contributed by atoms with van der Waals surface area (Å²) in [5, 5.41) is 4.91. The molecule has 0 bridgehead atoms. The fourth-order valence-corrected chi connectivity index (χ4v) is 6.49. The van der Waals surface area contributed by atoms with Gasteiger partial charge in [0.1, 0.15) is 17.6 Å². The molecule has 0 saturated carbocycles. The Kier molecular flexibility index (Phi) is 6.57. The highest BCUT2D eigenvalue weighted by Crippen LogP contribution is 2.33. The number of nitrogens with zero attached hydrogens (tertiary/aromatic N) is 2. The fourth-order valence-electron chi connectivity index (χ4n) is 4.38. The molecular weight excluding hydrogens is 582 g/mol. The van der Waals surface area contributed by atoms with Crippen molar-refractivity contribution < 1.29 is 9.21 Å². The molecule has 0 spiro atoms. The summed E-state index contributed by atoms with van der Waals surface area (Å²) in [5.41, 5.74) is 2.44. The molecule has 1 aliphatic heterocycles. The first-order chi connectivity index (χ1) is 18.5. The Morgan fingerprint density at radius 2 is 1.84 bits per heavy atom. The van der Waals surface area contributed by atoms with Gasteiger partial charge in [0.2, 0.25) is 0 Å². The van der Waals surface area contributed by atoms with Gasteiger partial charge >= 0.3 is 0 Å². The zero-order valence-electron chi connectivity index (χ0n) is 20.1. The first kappa shape index (κ1) is 24.5. The minimum absolute atomic E-state index is 0.216. The van der Waals surface area contributed by atoms with E-state index in [0.717, 1.165) is 14.9 Å².